The van der Waals surface area contributed by atoms with E-state index < -0.39 is 39.6 Å². The Balaban J connectivity index is 0.000000748. The highest BCUT2D eigenvalue weighted by Crippen LogP contribution is 2.48. The number of imidazole rings is 1. The zero-order valence-corrected chi connectivity index (χ0v) is 23.6. The van der Waals surface area contributed by atoms with Gasteiger partial charge < -0.3 is 10.6 Å². The minimum Gasteiger partial charge on any atom is -0.322 e. The van der Waals surface area contributed by atoms with Crippen molar-refractivity contribution < 1.29 is 40.3 Å². The lowest BCUT2D eigenvalue weighted by Crippen LogP contribution is -2.25. The number of benzene rings is 3. The van der Waals surface area contributed by atoms with E-state index >= 15 is 0 Å². The van der Waals surface area contributed by atoms with Gasteiger partial charge >= 0.3 is 22.6 Å². The van der Waals surface area contributed by atoms with Crippen LogP contribution in [0, 0.1) is 6.92 Å². The first-order valence-electron chi connectivity index (χ1n) is 12.2. The Labute approximate surface area is 243 Å². The van der Waals surface area contributed by atoms with Gasteiger partial charge in [-0.3, -0.25) is 13.9 Å². The monoisotopic (exact) mass is 624 g/mol. The number of hydrogen-bond acceptors (Lipinski definition) is 5. The first-order chi connectivity index (χ1) is 19.5. The summed E-state index contributed by atoms with van der Waals surface area (Å²) in [7, 11) is -4.67. The molecule has 1 fully saturated rings. The fraction of sp³-hybridized carbons (Fsp3) is 0.222. The van der Waals surface area contributed by atoms with E-state index in [0.717, 1.165) is 25.0 Å². The third kappa shape index (κ3) is 7.07. The van der Waals surface area contributed by atoms with E-state index in [4.69, 9.17) is 29.1 Å². The van der Waals surface area contributed by atoms with E-state index in [9.17, 15) is 22.8 Å². The van der Waals surface area contributed by atoms with E-state index in [1.807, 2.05) is 6.92 Å². The highest BCUT2D eigenvalue weighted by molar-refractivity contribution is 7.79. The molecule has 0 saturated heterocycles. The smallest absolute Gasteiger partial charge is 0.322 e. The van der Waals surface area contributed by atoms with Gasteiger partial charge in [0.05, 0.1) is 22.2 Å². The number of alkyl halides is 3. The number of amides is 2. The fourth-order valence-corrected chi connectivity index (χ4v) is 4.39. The molecule has 0 bridgehead atoms. The van der Waals surface area contributed by atoms with Gasteiger partial charge in [0.15, 0.2) is 0 Å². The molecular formula is C27H24ClF3N4O6S. The maximum absolute atomic E-state index is 13.5. The normalized spacial score (nSPS) is 14.1. The standard InChI is InChI=1S/C27H22ClF3N4O2.H2O4S/c1-15-19(28)8-5-9-20(15)34-25(37)35-22-14-16(10-11-21(22)33-24(35)26(2)12-13-26)32-23(36)17-6-3-4-7-18(17)27(29,30)31;1-5(2,3)4/h3-11,14H,12-13H2,1-2H3,(H,32,36)(H,34,37);(H2,1,2,3,4). The molecule has 2 amide bonds. The van der Waals surface area contributed by atoms with Crippen molar-refractivity contribution >= 4 is 56.3 Å². The van der Waals surface area contributed by atoms with Gasteiger partial charge in [-0.05, 0) is 67.8 Å². The van der Waals surface area contributed by atoms with E-state index in [2.05, 4.69) is 15.6 Å². The molecule has 4 N–H and O–H groups in total. The number of anilines is 2. The molecule has 1 heterocycles. The van der Waals surface area contributed by atoms with Crippen LogP contribution in [0.2, 0.25) is 5.02 Å². The third-order valence-electron chi connectivity index (χ3n) is 6.64. The maximum Gasteiger partial charge on any atom is 0.417 e. The molecular weight excluding hydrogens is 601 g/mol. The quantitative estimate of drug-likeness (QED) is 0.183. The Bertz CT molecular complexity index is 1800. The Morgan fingerprint density at radius 3 is 2.29 bits per heavy atom. The highest BCUT2D eigenvalue weighted by Gasteiger charge is 2.44. The summed E-state index contributed by atoms with van der Waals surface area (Å²) in [5.74, 6) is -0.336. The van der Waals surface area contributed by atoms with Crippen molar-refractivity contribution in [3.05, 3.63) is 88.2 Å². The van der Waals surface area contributed by atoms with Crippen LogP contribution in [0.5, 0.6) is 0 Å². The molecule has 0 unspecified atom stereocenters. The van der Waals surface area contributed by atoms with Crippen LogP contribution in [-0.4, -0.2) is 39.0 Å². The average molecular weight is 625 g/mol. The lowest BCUT2D eigenvalue weighted by molar-refractivity contribution is -0.137. The molecule has 0 spiro atoms. The minimum atomic E-state index is -4.68. The van der Waals surface area contributed by atoms with Crippen molar-refractivity contribution in [2.45, 2.75) is 38.3 Å². The number of fused-ring (bicyclic) bond motifs is 1. The van der Waals surface area contributed by atoms with E-state index in [-0.39, 0.29) is 11.1 Å². The Morgan fingerprint density at radius 2 is 1.67 bits per heavy atom. The Hall–Kier alpha value is -3.98. The van der Waals surface area contributed by atoms with Crippen molar-refractivity contribution in [2.24, 2.45) is 0 Å². The minimum absolute atomic E-state index is 0.231. The lowest BCUT2D eigenvalue weighted by atomic mass is 10.1. The molecule has 5 rings (SSSR count). The second-order valence-electron chi connectivity index (χ2n) is 9.82. The average Bonchev–Trinajstić information content (AvgIpc) is 3.52. The molecule has 42 heavy (non-hydrogen) atoms. The van der Waals surface area contributed by atoms with Gasteiger partial charge in [0.25, 0.3) is 5.91 Å². The number of aromatic nitrogens is 2. The third-order valence-corrected chi connectivity index (χ3v) is 7.05. The molecule has 15 heteroatoms. The summed E-state index contributed by atoms with van der Waals surface area (Å²) in [5, 5.41) is 5.92. The van der Waals surface area contributed by atoms with Crippen molar-refractivity contribution in [2.75, 3.05) is 10.6 Å². The number of nitrogens with one attached hydrogen (secondary N) is 2. The molecule has 0 radical (unpaired) electrons. The van der Waals surface area contributed by atoms with Crippen LogP contribution in [-0.2, 0) is 22.0 Å². The van der Waals surface area contributed by atoms with Crippen LogP contribution in [0.4, 0.5) is 29.3 Å². The molecule has 1 aliphatic carbocycles. The number of hydrogen-bond donors (Lipinski definition) is 4. The van der Waals surface area contributed by atoms with E-state index in [1.165, 1.54) is 22.8 Å². The molecule has 4 aromatic rings. The summed E-state index contributed by atoms with van der Waals surface area (Å²) >= 11 is 6.21. The van der Waals surface area contributed by atoms with Crippen LogP contribution in [0.15, 0.2) is 60.7 Å². The Kier molecular flexibility index (Phi) is 8.38. The van der Waals surface area contributed by atoms with E-state index in [0.29, 0.717) is 33.1 Å². The first kappa shape index (κ1) is 31.0. The zero-order valence-electron chi connectivity index (χ0n) is 22.0. The maximum atomic E-state index is 13.5. The Morgan fingerprint density at radius 1 is 1.02 bits per heavy atom. The summed E-state index contributed by atoms with van der Waals surface area (Å²) in [5.41, 5.74) is 0.612. The molecule has 1 aromatic heterocycles. The first-order valence-corrected chi connectivity index (χ1v) is 14.0. The van der Waals surface area contributed by atoms with Crippen molar-refractivity contribution in [3.8, 4) is 0 Å². The van der Waals surface area contributed by atoms with E-state index in [1.54, 1.807) is 37.3 Å². The second-order valence-corrected chi connectivity index (χ2v) is 11.1. The number of nitrogens with zero attached hydrogens (tertiary/aromatic N) is 2. The molecule has 0 aliphatic heterocycles. The lowest BCUT2D eigenvalue weighted by Gasteiger charge is -2.15. The van der Waals surface area contributed by atoms with Gasteiger partial charge in [-0.1, -0.05) is 36.7 Å². The van der Waals surface area contributed by atoms with Crippen molar-refractivity contribution in [1.82, 2.24) is 9.55 Å². The van der Waals surface area contributed by atoms with Gasteiger partial charge in [-0.15, -0.1) is 0 Å². The van der Waals surface area contributed by atoms with Crippen LogP contribution in [0.3, 0.4) is 0 Å². The summed E-state index contributed by atoms with van der Waals surface area (Å²) in [6, 6.07) is 14.0. The summed E-state index contributed by atoms with van der Waals surface area (Å²) in [4.78, 5) is 31.0. The number of carbonyl (C=O) groups excluding carboxylic acids is 2. The van der Waals surface area contributed by atoms with Crippen LogP contribution >= 0.6 is 11.6 Å². The topological polar surface area (TPSA) is 151 Å². The van der Waals surface area contributed by atoms with Crippen molar-refractivity contribution in [3.63, 3.8) is 0 Å². The predicted molar refractivity (Wildman–Crippen MR) is 150 cm³/mol. The second kappa shape index (κ2) is 11.4. The molecule has 0 atom stereocenters. The summed E-state index contributed by atoms with van der Waals surface area (Å²) in [6.45, 7) is 3.80. The molecule has 10 nitrogen and oxygen atoms in total. The summed E-state index contributed by atoms with van der Waals surface area (Å²) < 4.78 is 73.3. The van der Waals surface area contributed by atoms with Gasteiger partial charge in [-0.2, -0.15) is 21.6 Å². The summed E-state index contributed by atoms with van der Waals surface area (Å²) in [6.07, 6.45) is -2.96. The number of halogens is 4. The molecule has 3 aromatic carbocycles. The van der Waals surface area contributed by atoms with Crippen molar-refractivity contribution in [1.29, 1.82) is 0 Å². The van der Waals surface area contributed by atoms with Gasteiger partial charge in [0.1, 0.15) is 5.82 Å². The van der Waals surface area contributed by atoms with Gasteiger partial charge in [0, 0.05) is 21.8 Å². The van der Waals surface area contributed by atoms with Crippen LogP contribution in [0.25, 0.3) is 11.0 Å². The largest absolute Gasteiger partial charge is 0.417 e. The number of rotatable bonds is 4. The van der Waals surface area contributed by atoms with Gasteiger partial charge in [-0.25, -0.2) is 14.3 Å². The molecule has 1 aliphatic rings. The van der Waals surface area contributed by atoms with Crippen LogP contribution in [0.1, 0.15) is 47.1 Å². The fourth-order valence-electron chi connectivity index (χ4n) is 4.22. The number of carbonyl (C=O) groups is 2. The SMILES string of the molecule is Cc1c(Cl)cccc1NC(=O)n1c(C2(C)CC2)nc2ccc(NC(=O)c3ccccc3C(F)(F)F)cc21.O=S(=O)(O)O. The molecule has 1 saturated carbocycles. The molecule has 222 valence electrons. The zero-order chi connectivity index (χ0) is 31.0. The van der Waals surface area contributed by atoms with Crippen LogP contribution < -0.4 is 10.6 Å². The van der Waals surface area contributed by atoms with Gasteiger partial charge in [0.2, 0.25) is 0 Å². The predicted octanol–water partition coefficient (Wildman–Crippen LogP) is 6.75. The highest BCUT2D eigenvalue weighted by atomic mass is 35.5.